The molecule has 2 saturated heterocycles. The Morgan fingerprint density at radius 3 is 3.05 bits per heavy atom. The molecule has 2 aliphatic rings. The van der Waals surface area contributed by atoms with Gasteiger partial charge in [0, 0.05) is 19.3 Å². The van der Waals surface area contributed by atoms with Gasteiger partial charge in [-0.2, -0.15) is 4.98 Å². The van der Waals surface area contributed by atoms with Gasteiger partial charge in [0.15, 0.2) is 0 Å². The summed E-state index contributed by atoms with van der Waals surface area (Å²) in [7, 11) is 0. The van der Waals surface area contributed by atoms with Crippen LogP contribution >= 0.6 is 0 Å². The lowest BCUT2D eigenvalue weighted by Gasteiger charge is -2.23. The van der Waals surface area contributed by atoms with Gasteiger partial charge in [-0.25, -0.2) is 4.98 Å². The molecule has 3 rings (SSSR count). The van der Waals surface area contributed by atoms with Gasteiger partial charge in [0.25, 0.3) is 0 Å². The van der Waals surface area contributed by atoms with E-state index in [4.69, 9.17) is 4.74 Å². The van der Waals surface area contributed by atoms with Gasteiger partial charge in [-0.1, -0.05) is 0 Å². The molecule has 0 spiro atoms. The zero-order valence-corrected chi connectivity index (χ0v) is 12.7. The van der Waals surface area contributed by atoms with Crippen LogP contribution in [0.4, 0.5) is 11.8 Å². The molecule has 2 fully saturated rings. The molecule has 1 aromatic rings. The Morgan fingerprint density at radius 2 is 2.18 bits per heavy atom. The molecule has 2 aliphatic heterocycles. The predicted molar refractivity (Wildman–Crippen MR) is 83.8 cm³/mol. The van der Waals surface area contributed by atoms with Gasteiger partial charge in [0.05, 0.1) is 12.6 Å². The van der Waals surface area contributed by atoms with Crippen molar-refractivity contribution < 1.29 is 9.53 Å². The minimum absolute atomic E-state index is 0.0279. The van der Waals surface area contributed by atoms with Crippen molar-refractivity contribution in [2.75, 3.05) is 30.4 Å². The number of ether oxygens (including phenoxy) is 1. The van der Waals surface area contributed by atoms with Gasteiger partial charge >= 0.3 is 0 Å². The Hall–Kier alpha value is -1.89. The molecule has 7 heteroatoms. The summed E-state index contributed by atoms with van der Waals surface area (Å²) in [4.78, 5) is 20.6. The number of aromatic nitrogens is 2. The third kappa shape index (κ3) is 4.07. The summed E-state index contributed by atoms with van der Waals surface area (Å²) < 4.78 is 5.46. The second kappa shape index (κ2) is 7.40. The molecule has 1 aromatic heterocycles. The standard InChI is InChI=1S/C15H23N5O2/c21-14-12(5-1-2-7-16-14)19-15-17-8-6-13(20-15)18-11-4-3-9-22-10-11/h6,8,11-12H,1-5,7,9-10H2,(H,16,21)(H2,17,18,19,20)/t11-,12+/m1/s1. The van der Waals surface area contributed by atoms with Gasteiger partial charge < -0.3 is 20.7 Å². The molecule has 0 radical (unpaired) electrons. The summed E-state index contributed by atoms with van der Waals surface area (Å²) in [6, 6.07) is 1.88. The summed E-state index contributed by atoms with van der Waals surface area (Å²) in [6.07, 6.45) is 6.70. The minimum atomic E-state index is -0.254. The van der Waals surface area contributed by atoms with E-state index in [0.29, 0.717) is 12.6 Å². The van der Waals surface area contributed by atoms with Crippen LogP contribution in [-0.2, 0) is 9.53 Å². The minimum Gasteiger partial charge on any atom is -0.379 e. The van der Waals surface area contributed by atoms with Crippen LogP contribution in [0.15, 0.2) is 12.3 Å². The average Bonchev–Trinajstić information content (AvgIpc) is 2.74. The van der Waals surface area contributed by atoms with Gasteiger partial charge in [-0.05, 0) is 38.2 Å². The van der Waals surface area contributed by atoms with E-state index in [1.807, 2.05) is 6.07 Å². The Balaban J connectivity index is 1.61. The van der Waals surface area contributed by atoms with E-state index in [1.54, 1.807) is 6.20 Å². The molecular weight excluding hydrogens is 282 g/mol. The number of nitrogens with one attached hydrogen (secondary N) is 3. The van der Waals surface area contributed by atoms with Crippen molar-refractivity contribution >= 4 is 17.7 Å². The second-order valence-electron chi connectivity index (χ2n) is 5.81. The third-order valence-electron chi connectivity index (χ3n) is 4.01. The Labute approximate surface area is 130 Å². The van der Waals surface area contributed by atoms with E-state index < -0.39 is 0 Å². The number of hydrogen-bond donors (Lipinski definition) is 3. The van der Waals surface area contributed by atoms with Crippen LogP contribution in [0.5, 0.6) is 0 Å². The second-order valence-corrected chi connectivity index (χ2v) is 5.81. The van der Waals surface area contributed by atoms with E-state index in [-0.39, 0.29) is 18.0 Å². The van der Waals surface area contributed by atoms with E-state index in [0.717, 1.165) is 51.1 Å². The van der Waals surface area contributed by atoms with Crippen molar-refractivity contribution in [3.8, 4) is 0 Å². The quantitative estimate of drug-likeness (QED) is 0.773. The first-order valence-electron chi connectivity index (χ1n) is 8.03. The largest absolute Gasteiger partial charge is 0.379 e. The fourth-order valence-electron chi connectivity index (χ4n) is 2.81. The summed E-state index contributed by atoms with van der Waals surface area (Å²) in [5.41, 5.74) is 0. The van der Waals surface area contributed by atoms with E-state index in [1.165, 1.54) is 0 Å². The van der Waals surface area contributed by atoms with Crippen LogP contribution in [0.1, 0.15) is 32.1 Å². The van der Waals surface area contributed by atoms with Crippen molar-refractivity contribution in [1.29, 1.82) is 0 Å². The predicted octanol–water partition coefficient (Wildman–Crippen LogP) is 1.15. The lowest BCUT2D eigenvalue weighted by molar-refractivity contribution is -0.121. The highest BCUT2D eigenvalue weighted by molar-refractivity contribution is 5.84. The Bertz CT molecular complexity index is 504. The summed E-state index contributed by atoms with van der Waals surface area (Å²) in [5.74, 6) is 1.28. The first kappa shape index (κ1) is 15.0. The van der Waals surface area contributed by atoms with Gasteiger partial charge in [-0.3, -0.25) is 4.79 Å². The SMILES string of the molecule is O=C1NCCCC[C@@H]1Nc1nccc(N[C@@H]2CCCOC2)n1. The van der Waals surface area contributed by atoms with Crippen LogP contribution in [-0.4, -0.2) is 47.7 Å². The molecule has 120 valence electrons. The van der Waals surface area contributed by atoms with Crippen LogP contribution in [0.2, 0.25) is 0 Å². The molecule has 22 heavy (non-hydrogen) atoms. The summed E-state index contributed by atoms with van der Waals surface area (Å²) in [6.45, 7) is 2.30. The number of nitrogens with zero attached hydrogens (tertiary/aromatic N) is 2. The monoisotopic (exact) mass is 305 g/mol. The maximum atomic E-state index is 12.0. The van der Waals surface area contributed by atoms with E-state index in [9.17, 15) is 4.79 Å². The molecule has 0 aliphatic carbocycles. The lowest BCUT2D eigenvalue weighted by Crippen LogP contribution is -2.38. The normalized spacial score (nSPS) is 25.9. The van der Waals surface area contributed by atoms with Crippen molar-refractivity contribution in [2.45, 2.75) is 44.2 Å². The van der Waals surface area contributed by atoms with Crippen molar-refractivity contribution in [3.63, 3.8) is 0 Å². The van der Waals surface area contributed by atoms with E-state index >= 15 is 0 Å². The Morgan fingerprint density at radius 1 is 1.23 bits per heavy atom. The molecule has 3 heterocycles. The maximum absolute atomic E-state index is 12.0. The fourth-order valence-corrected chi connectivity index (χ4v) is 2.81. The number of carbonyl (C=O) groups is 1. The van der Waals surface area contributed by atoms with Crippen molar-refractivity contribution in [3.05, 3.63) is 12.3 Å². The zero-order chi connectivity index (χ0) is 15.2. The summed E-state index contributed by atoms with van der Waals surface area (Å²) in [5, 5.41) is 9.41. The maximum Gasteiger partial charge on any atom is 0.242 e. The van der Waals surface area contributed by atoms with Crippen LogP contribution in [0.25, 0.3) is 0 Å². The molecule has 2 atom stereocenters. The number of amides is 1. The topological polar surface area (TPSA) is 88.2 Å². The highest BCUT2D eigenvalue weighted by atomic mass is 16.5. The fraction of sp³-hybridized carbons (Fsp3) is 0.667. The molecule has 0 bridgehead atoms. The number of anilines is 2. The lowest BCUT2D eigenvalue weighted by atomic mass is 10.1. The van der Waals surface area contributed by atoms with Crippen LogP contribution in [0, 0.1) is 0 Å². The van der Waals surface area contributed by atoms with Gasteiger partial charge in [0.1, 0.15) is 11.9 Å². The Kier molecular flexibility index (Phi) is 5.05. The molecular formula is C15H23N5O2. The van der Waals surface area contributed by atoms with Crippen molar-refractivity contribution in [2.24, 2.45) is 0 Å². The molecule has 3 N–H and O–H groups in total. The summed E-state index contributed by atoms with van der Waals surface area (Å²) >= 11 is 0. The average molecular weight is 305 g/mol. The van der Waals surface area contributed by atoms with Gasteiger partial charge in [0.2, 0.25) is 11.9 Å². The first-order valence-corrected chi connectivity index (χ1v) is 8.03. The number of rotatable bonds is 4. The molecule has 0 unspecified atom stereocenters. The smallest absolute Gasteiger partial charge is 0.242 e. The molecule has 1 amide bonds. The molecule has 7 nitrogen and oxygen atoms in total. The number of hydrogen-bond acceptors (Lipinski definition) is 6. The third-order valence-corrected chi connectivity index (χ3v) is 4.01. The van der Waals surface area contributed by atoms with Crippen molar-refractivity contribution in [1.82, 2.24) is 15.3 Å². The highest BCUT2D eigenvalue weighted by Gasteiger charge is 2.21. The number of carbonyl (C=O) groups excluding carboxylic acids is 1. The van der Waals surface area contributed by atoms with Crippen LogP contribution < -0.4 is 16.0 Å². The highest BCUT2D eigenvalue weighted by Crippen LogP contribution is 2.15. The first-order chi connectivity index (χ1) is 10.8. The molecule has 0 aromatic carbocycles. The van der Waals surface area contributed by atoms with Gasteiger partial charge in [-0.15, -0.1) is 0 Å². The van der Waals surface area contributed by atoms with Crippen LogP contribution in [0.3, 0.4) is 0 Å². The molecule has 0 saturated carbocycles. The zero-order valence-electron chi connectivity index (χ0n) is 12.7. The van der Waals surface area contributed by atoms with E-state index in [2.05, 4.69) is 25.9 Å².